The first kappa shape index (κ1) is 16.1. The first-order valence-electron chi connectivity index (χ1n) is 6.26. The highest BCUT2D eigenvalue weighted by atomic mass is 19.4. The highest BCUT2D eigenvalue weighted by Gasteiger charge is 2.34. The van der Waals surface area contributed by atoms with E-state index >= 15 is 0 Å². The van der Waals surface area contributed by atoms with Gasteiger partial charge < -0.3 is 16.4 Å². The Balaban J connectivity index is 2.89. The van der Waals surface area contributed by atoms with Crippen molar-refractivity contribution in [2.24, 2.45) is 0 Å². The number of carbonyl (C=O) groups excluding carboxylic acids is 1. The minimum absolute atomic E-state index is 0.0194. The summed E-state index contributed by atoms with van der Waals surface area (Å²) in [5.74, 6) is -0.350. The van der Waals surface area contributed by atoms with Crippen molar-refractivity contribution < 1.29 is 18.0 Å². The van der Waals surface area contributed by atoms with E-state index in [0.717, 1.165) is 12.5 Å². The van der Waals surface area contributed by atoms with Gasteiger partial charge >= 0.3 is 6.18 Å². The van der Waals surface area contributed by atoms with Gasteiger partial charge in [0.15, 0.2) is 0 Å². The molecule has 112 valence electrons. The van der Waals surface area contributed by atoms with Crippen molar-refractivity contribution in [3.8, 4) is 0 Å². The molecular weight excluding hydrogens is 271 g/mol. The van der Waals surface area contributed by atoms with Crippen LogP contribution in [0.2, 0.25) is 0 Å². The third kappa shape index (κ3) is 4.32. The molecule has 1 amide bonds. The number of hydrogen-bond donors (Lipinski definition) is 3. The van der Waals surface area contributed by atoms with Crippen molar-refractivity contribution in [2.75, 3.05) is 17.6 Å². The quantitative estimate of drug-likeness (QED) is 0.730. The Morgan fingerprint density at radius 1 is 1.40 bits per heavy atom. The molecule has 20 heavy (non-hydrogen) atoms. The zero-order chi connectivity index (χ0) is 15.3. The van der Waals surface area contributed by atoms with E-state index in [1.165, 1.54) is 19.1 Å². The molecule has 7 heteroatoms. The average Bonchev–Trinajstić information content (AvgIpc) is 2.36. The Morgan fingerprint density at radius 2 is 2.05 bits per heavy atom. The minimum Gasteiger partial charge on any atom is -0.399 e. The molecule has 0 bridgehead atoms. The molecule has 0 fully saturated rings. The monoisotopic (exact) mass is 289 g/mol. The lowest BCUT2D eigenvalue weighted by atomic mass is 10.1. The third-order valence-corrected chi connectivity index (χ3v) is 2.66. The number of alkyl halides is 3. The predicted octanol–water partition coefficient (Wildman–Crippen LogP) is 2.61. The van der Waals surface area contributed by atoms with Crippen LogP contribution in [0.25, 0.3) is 0 Å². The molecule has 0 aliphatic rings. The van der Waals surface area contributed by atoms with Crippen LogP contribution in [-0.4, -0.2) is 18.5 Å². The number of nitrogens with two attached hydrogens (primary N) is 1. The summed E-state index contributed by atoms with van der Waals surface area (Å²) in [5, 5.41) is 5.18. The lowest BCUT2D eigenvalue weighted by molar-refractivity contribution is -0.137. The summed E-state index contributed by atoms with van der Waals surface area (Å²) in [6.07, 6.45) is -3.77. The molecule has 1 aromatic carbocycles. The number of hydrogen-bond acceptors (Lipinski definition) is 3. The van der Waals surface area contributed by atoms with E-state index in [1.807, 2.05) is 6.92 Å². The Hall–Kier alpha value is -1.92. The lowest BCUT2D eigenvalue weighted by Gasteiger charge is -2.19. The van der Waals surface area contributed by atoms with Gasteiger partial charge in [-0.15, -0.1) is 0 Å². The van der Waals surface area contributed by atoms with Crippen LogP contribution >= 0.6 is 0 Å². The minimum atomic E-state index is -4.53. The van der Waals surface area contributed by atoms with Gasteiger partial charge in [-0.25, -0.2) is 0 Å². The summed E-state index contributed by atoms with van der Waals surface area (Å²) in [7, 11) is 0. The molecule has 0 aromatic heterocycles. The third-order valence-electron chi connectivity index (χ3n) is 2.66. The maximum atomic E-state index is 12.9. The second-order valence-electron chi connectivity index (χ2n) is 4.46. The number of benzene rings is 1. The van der Waals surface area contributed by atoms with Gasteiger partial charge in [0.25, 0.3) is 0 Å². The van der Waals surface area contributed by atoms with Crippen LogP contribution in [0, 0.1) is 0 Å². The Labute approximate surface area is 115 Å². The van der Waals surface area contributed by atoms with Gasteiger partial charge in [0.1, 0.15) is 6.04 Å². The molecule has 4 nitrogen and oxygen atoms in total. The molecule has 0 saturated carbocycles. The summed E-state index contributed by atoms with van der Waals surface area (Å²) >= 11 is 0. The zero-order valence-corrected chi connectivity index (χ0v) is 11.3. The van der Waals surface area contributed by atoms with Crippen molar-refractivity contribution in [3.05, 3.63) is 23.8 Å². The molecule has 1 atom stereocenters. The number of carbonyl (C=O) groups is 1. The van der Waals surface area contributed by atoms with Crippen molar-refractivity contribution in [1.29, 1.82) is 0 Å². The number of anilines is 2. The molecular formula is C13H18F3N3O. The van der Waals surface area contributed by atoms with Gasteiger partial charge in [0.2, 0.25) is 5.91 Å². The summed E-state index contributed by atoms with van der Waals surface area (Å²) in [6.45, 7) is 3.88. The normalized spacial score (nSPS) is 12.8. The van der Waals surface area contributed by atoms with E-state index < -0.39 is 17.8 Å². The van der Waals surface area contributed by atoms with Crippen LogP contribution in [-0.2, 0) is 11.0 Å². The predicted molar refractivity (Wildman–Crippen MR) is 72.2 cm³/mol. The maximum absolute atomic E-state index is 12.9. The molecule has 1 aromatic rings. The van der Waals surface area contributed by atoms with Gasteiger partial charge in [-0.3, -0.25) is 4.79 Å². The molecule has 0 radical (unpaired) electrons. The fourth-order valence-electron chi connectivity index (χ4n) is 1.62. The number of halogens is 3. The average molecular weight is 289 g/mol. The Morgan fingerprint density at radius 3 is 2.60 bits per heavy atom. The molecule has 4 N–H and O–H groups in total. The van der Waals surface area contributed by atoms with Crippen LogP contribution in [0.1, 0.15) is 25.8 Å². The van der Waals surface area contributed by atoms with Crippen molar-refractivity contribution in [1.82, 2.24) is 5.32 Å². The molecule has 0 saturated heterocycles. The van der Waals surface area contributed by atoms with Crippen LogP contribution in [0.3, 0.4) is 0 Å². The van der Waals surface area contributed by atoms with Crippen LogP contribution < -0.4 is 16.4 Å². The number of amides is 1. The molecule has 0 aliphatic carbocycles. The number of rotatable bonds is 5. The van der Waals surface area contributed by atoms with Gasteiger partial charge in [0.05, 0.1) is 5.56 Å². The van der Waals surface area contributed by atoms with E-state index in [1.54, 1.807) is 0 Å². The van der Waals surface area contributed by atoms with E-state index in [4.69, 9.17) is 5.73 Å². The standard InChI is InChI=1S/C13H18F3N3O/c1-3-6-18-12(20)8(2)19-11-5-4-9(17)7-10(11)13(14,15)16/h4-5,7-8,19H,3,6,17H2,1-2H3,(H,18,20). The summed E-state index contributed by atoms with van der Waals surface area (Å²) in [5.41, 5.74) is 4.35. The van der Waals surface area contributed by atoms with Gasteiger partial charge in [-0.1, -0.05) is 6.92 Å². The number of nitrogens with one attached hydrogen (secondary N) is 2. The summed E-state index contributed by atoms with van der Waals surface area (Å²) in [6, 6.07) is 2.65. The van der Waals surface area contributed by atoms with E-state index in [-0.39, 0.29) is 17.3 Å². The first-order valence-corrected chi connectivity index (χ1v) is 6.26. The fourth-order valence-corrected chi connectivity index (χ4v) is 1.62. The zero-order valence-electron chi connectivity index (χ0n) is 11.3. The maximum Gasteiger partial charge on any atom is 0.418 e. The van der Waals surface area contributed by atoms with Crippen LogP contribution in [0.5, 0.6) is 0 Å². The van der Waals surface area contributed by atoms with E-state index in [2.05, 4.69) is 10.6 Å². The van der Waals surface area contributed by atoms with Gasteiger partial charge in [-0.2, -0.15) is 13.2 Å². The Kier molecular flexibility index (Phi) is 5.24. The topological polar surface area (TPSA) is 67.2 Å². The van der Waals surface area contributed by atoms with Crippen LogP contribution in [0.15, 0.2) is 18.2 Å². The van der Waals surface area contributed by atoms with Gasteiger partial charge in [-0.05, 0) is 31.5 Å². The molecule has 0 heterocycles. The SMILES string of the molecule is CCCNC(=O)C(C)Nc1ccc(N)cc1C(F)(F)F. The molecule has 1 rings (SSSR count). The summed E-state index contributed by atoms with van der Waals surface area (Å²) in [4.78, 5) is 11.7. The number of nitrogen functional groups attached to an aromatic ring is 1. The van der Waals surface area contributed by atoms with E-state index in [9.17, 15) is 18.0 Å². The van der Waals surface area contributed by atoms with Crippen molar-refractivity contribution in [2.45, 2.75) is 32.5 Å². The van der Waals surface area contributed by atoms with Crippen molar-refractivity contribution in [3.63, 3.8) is 0 Å². The largest absolute Gasteiger partial charge is 0.418 e. The van der Waals surface area contributed by atoms with Crippen LogP contribution in [0.4, 0.5) is 24.5 Å². The highest BCUT2D eigenvalue weighted by Crippen LogP contribution is 2.36. The van der Waals surface area contributed by atoms with Crippen molar-refractivity contribution >= 4 is 17.3 Å². The second-order valence-corrected chi connectivity index (χ2v) is 4.46. The highest BCUT2D eigenvalue weighted by molar-refractivity contribution is 5.84. The first-order chi connectivity index (χ1) is 9.25. The second kappa shape index (κ2) is 6.49. The molecule has 1 unspecified atom stereocenters. The fraction of sp³-hybridized carbons (Fsp3) is 0.462. The molecule has 0 spiro atoms. The summed E-state index contributed by atoms with van der Waals surface area (Å²) < 4.78 is 38.7. The smallest absolute Gasteiger partial charge is 0.399 e. The molecule has 0 aliphatic heterocycles. The van der Waals surface area contributed by atoms with E-state index in [0.29, 0.717) is 6.54 Å². The van der Waals surface area contributed by atoms with Gasteiger partial charge in [0, 0.05) is 17.9 Å². The Bertz CT molecular complexity index is 474. The lowest BCUT2D eigenvalue weighted by Crippen LogP contribution is -2.38.